The second kappa shape index (κ2) is 16.5. The Bertz CT molecular complexity index is 1450. The van der Waals surface area contributed by atoms with Crippen LogP contribution in [0.15, 0.2) is 84.5 Å². The number of nitrogens with zero attached hydrogens (tertiary/aromatic N) is 1. The third kappa shape index (κ3) is 10.3. The van der Waals surface area contributed by atoms with Crippen LogP contribution in [-0.2, 0) is 28.5 Å². The average molecular weight is 664 g/mol. The summed E-state index contributed by atoms with van der Waals surface area (Å²) in [6.45, 7) is 8.95. The molecule has 0 saturated carbocycles. The number of aliphatic hydroxyl groups is 1. The maximum absolute atomic E-state index is 13.2. The first-order valence-corrected chi connectivity index (χ1v) is 16.6. The summed E-state index contributed by atoms with van der Waals surface area (Å²) in [5.41, 5.74) is 2.11. The number of fused-ring (bicyclic) bond motifs is 3. The number of carbonyl (C=O) groups is 2. The van der Waals surface area contributed by atoms with Crippen molar-refractivity contribution in [3.05, 3.63) is 100 Å². The third-order valence-corrected chi connectivity index (χ3v) is 8.99. The number of benzene rings is 1. The molecule has 0 aliphatic carbocycles. The SMILES string of the molecule is C=C1C[C@H](C)C[C@@H]2CC=C[C@@H](CC=CC(=O)O[C@H]([C@@H](O)C=C[C@@H]3CC(C)=CCO3)C[C@H]3O[C@@H]3[C@@H](OC(=O)c3ccc([N+](=O)[O-])cc3)C1)O2. The standard InChI is InChI=1S/C37H45NO10/c1-23-16-17-44-29(19-23)14-15-31(39)32-22-34-36(47-34)33(48-37(41)26-10-12-27(13-11-26)38(42)43)21-25(3)18-24(2)20-30-8-4-6-28(45-30)7-5-9-35(40)46-32/h4-6,9-16,24,28-34,36,39H,3,7-8,17-22H2,1-2H3/t24-,28-,29+,30-,31-,32-,33-,34+,36+/m0/s1. The summed E-state index contributed by atoms with van der Waals surface area (Å²) in [5, 5.41) is 22.3. The van der Waals surface area contributed by atoms with Gasteiger partial charge in [0.15, 0.2) is 0 Å². The third-order valence-electron chi connectivity index (χ3n) is 8.99. The molecule has 0 aromatic heterocycles. The first-order valence-electron chi connectivity index (χ1n) is 16.6. The van der Waals surface area contributed by atoms with Gasteiger partial charge in [-0.15, -0.1) is 0 Å². The van der Waals surface area contributed by atoms with Crippen LogP contribution in [0.25, 0.3) is 0 Å². The summed E-state index contributed by atoms with van der Waals surface area (Å²) in [6.07, 6.45) is 12.4. The predicted molar refractivity (Wildman–Crippen MR) is 177 cm³/mol. The van der Waals surface area contributed by atoms with E-state index in [0.717, 1.165) is 18.4 Å². The lowest BCUT2D eigenvalue weighted by molar-refractivity contribution is -0.384. The number of cyclic esters (lactones) is 1. The number of nitro groups is 1. The molecule has 0 spiro atoms. The molecule has 258 valence electrons. The van der Waals surface area contributed by atoms with Gasteiger partial charge in [-0.2, -0.15) is 0 Å². The molecule has 0 unspecified atom stereocenters. The molecule has 0 amide bonds. The topological polar surface area (TPSA) is 147 Å². The fourth-order valence-corrected chi connectivity index (χ4v) is 6.46. The van der Waals surface area contributed by atoms with Crippen molar-refractivity contribution in [1.82, 2.24) is 0 Å². The number of carbonyl (C=O) groups excluding carboxylic acids is 2. The molecular weight excluding hydrogens is 618 g/mol. The van der Waals surface area contributed by atoms with E-state index < -0.39 is 47.4 Å². The molecule has 0 radical (unpaired) electrons. The molecule has 1 aromatic rings. The minimum absolute atomic E-state index is 0.0210. The maximum Gasteiger partial charge on any atom is 0.338 e. The van der Waals surface area contributed by atoms with E-state index in [9.17, 15) is 24.8 Å². The molecule has 1 saturated heterocycles. The zero-order chi connectivity index (χ0) is 34.2. The quantitative estimate of drug-likeness (QED) is 0.129. The van der Waals surface area contributed by atoms with E-state index in [2.05, 4.69) is 19.6 Å². The Morgan fingerprint density at radius 2 is 1.92 bits per heavy atom. The lowest BCUT2D eigenvalue weighted by atomic mass is 9.90. The Kier molecular flexibility index (Phi) is 12.2. The van der Waals surface area contributed by atoms with Gasteiger partial charge in [-0.3, -0.25) is 10.1 Å². The number of hydrogen-bond acceptors (Lipinski definition) is 10. The average Bonchev–Trinajstić information content (AvgIpc) is 3.82. The number of nitro benzene ring substituents is 1. The van der Waals surface area contributed by atoms with Gasteiger partial charge in [0, 0.05) is 31.1 Å². The molecule has 4 aliphatic heterocycles. The predicted octanol–water partition coefficient (Wildman–Crippen LogP) is 5.88. The summed E-state index contributed by atoms with van der Waals surface area (Å²) in [6, 6.07) is 5.22. The van der Waals surface area contributed by atoms with E-state index in [0.29, 0.717) is 32.3 Å². The minimum Gasteiger partial charge on any atom is -0.456 e. The fourth-order valence-electron chi connectivity index (χ4n) is 6.46. The summed E-state index contributed by atoms with van der Waals surface area (Å²) in [7, 11) is 0. The molecule has 5 rings (SSSR count). The molecule has 4 aliphatic rings. The van der Waals surface area contributed by atoms with Crippen LogP contribution in [-0.4, -0.2) is 77.4 Å². The van der Waals surface area contributed by atoms with Gasteiger partial charge in [0.25, 0.3) is 5.69 Å². The number of rotatable bonds is 6. The van der Waals surface area contributed by atoms with Gasteiger partial charge >= 0.3 is 11.9 Å². The van der Waals surface area contributed by atoms with Crippen LogP contribution in [0, 0.1) is 16.0 Å². The van der Waals surface area contributed by atoms with Crippen LogP contribution in [0.2, 0.25) is 0 Å². The lowest BCUT2D eigenvalue weighted by Gasteiger charge is -2.28. The van der Waals surface area contributed by atoms with Crippen molar-refractivity contribution in [2.75, 3.05) is 6.61 Å². The van der Waals surface area contributed by atoms with Crippen LogP contribution in [0.4, 0.5) is 5.69 Å². The first kappa shape index (κ1) is 35.4. The van der Waals surface area contributed by atoms with E-state index >= 15 is 0 Å². The number of esters is 2. The van der Waals surface area contributed by atoms with Crippen LogP contribution >= 0.6 is 0 Å². The van der Waals surface area contributed by atoms with Crippen LogP contribution in [0.3, 0.4) is 0 Å². The van der Waals surface area contributed by atoms with Gasteiger partial charge in [-0.05, 0) is 57.1 Å². The zero-order valence-electron chi connectivity index (χ0n) is 27.5. The molecule has 4 heterocycles. The second-order valence-corrected chi connectivity index (χ2v) is 13.2. The van der Waals surface area contributed by atoms with Gasteiger partial charge in [-0.25, -0.2) is 9.59 Å². The van der Waals surface area contributed by atoms with Gasteiger partial charge in [0.05, 0.1) is 41.5 Å². The van der Waals surface area contributed by atoms with Gasteiger partial charge in [0.2, 0.25) is 0 Å². The highest BCUT2D eigenvalue weighted by Crippen LogP contribution is 2.37. The van der Waals surface area contributed by atoms with Crippen LogP contribution < -0.4 is 0 Å². The number of non-ortho nitro benzene ring substituents is 1. The van der Waals surface area contributed by atoms with Gasteiger partial charge in [-0.1, -0.05) is 61.1 Å². The molecule has 11 nitrogen and oxygen atoms in total. The summed E-state index contributed by atoms with van der Waals surface area (Å²) < 4.78 is 29.8. The number of epoxide rings is 1. The Hall–Kier alpha value is -3.90. The smallest absolute Gasteiger partial charge is 0.338 e. The molecule has 11 heteroatoms. The van der Waals surface area contributed by atoms with Crippen LogP contribution in [0.5, 0.6) is 0 Å². The molecular formula is C37H45NO10. The molecule has 2 bridgehead atoms. The summed E-state index contributed by atoms with van der Waals surface area (Å²) in [5.74, 6) is -0.994. The van der Waals surface area contributed by atoms with Gasteiger partial charge in [0.1, 0.15) is 24.4 Å². The van der Waals surface area contributed by atoms with E-state index in [1.54, 1.807) is 18.2 Å². The molecule has 1 aromatic carbocycles. The van der Waals surface area contributed by atoms with Crippen molar-refractivity contribution in [1.29, 1.82) is 0 Å². The van der Waals surface area contributed by atoms with Crippen molar-refractivity contribution >= 4 is 17.6 Å². The molecule has 48 heavy (non-hydrogen) atoms. The van der Waals surface area contributed by atoms with E-state index in [1.807, 2.05) is 19.1 Å². The van der Waals surface area contributed by atoms with Crippen molar-refractivity contribution < 1.29 is 43.3 Å². The van der Waals surface area contributed by atoms with Crippen molar-refractivity contribution in [2.24, 2.45) is 5.92 Å². The largest absolute Gasteiger partial charge is 0.456 e. The van der Waals surface area contributed by atoms with Crippen molar-refractivity contribution in [2.45, 2.75) is 108 Å². The lowest BCUT2D eigenvalue weighted by Crippen LogP contribution is -2.33. The number of aliphatic hydroxyl groups excluding tert-OH is 1. The van der Waals surface area contributed by atoms with Gasteiger partial charge < -0.3 is 28.8 Å². The minimum atomic E-state index is -1.14. The highest BCUT2D eigenvalue weighted by molar-refractivity contribution is 5.89. The van der Waals surface area contributed by atoms with E-state index in [1.165, 1.54) is 35.9 Å². The molecule has 9 atom stereocenters. The molecule has 1 N–H and O–H groups in total. The van der Waals surface area contributed by atoms with E-state index in [-0.39, 0.29) is 41.9 Å². The Labute approximate surface area is 281 Å². The van der Waals surface area contributed by atoms with Crippen molar-refractivity contribution in [3.8, 4) is 0 Å². The highest BCUT2D eigenvalue weighted by atomic mass is 16.6. The Morgan fingerprint density at radius 3 is 2.67 bits per heavy atom. The normalized spacial score (nSPS) is 32.3. The van der Waals surface area contributed by atoms with E-state index in [4.69, 9.17) is 23.7 Å². The van der Waals surface area contributed by atoms with Crippen molar-refractivity contribution in [3.63, 3.8) is 0 Å². The summed E-state index contributed by atoms with van der Waals surface area (Å²) in [4.78, 5) is 36.7. The molecule has 1 fully saturated rings. The zero-order valence-corrected chi connectivity index (χ0v) is 27.5. The maximum atomic E-state index is 13.2. The highest BCUT2D eigenvalue weighted by Gasteiger charge is 2.49. The Balaban J connectivity index is 1.35. The fraction of sp³-hybridized carbons (Fsp3) is 0.514. The first-order chi connectivity index (χ1) is 23.0. The van der Waals surface area contributed by atoms with Crippen LogP contribution in [0.1, 0.15) is 69.2 Å². The number of hydrogen-bond donors (Lipinski definition) is 1. The Morgan fingerprint density at radius 1 is 1.12 bits per heavy atom. The monoisotopic (exact) mass is 663 g/mol. The summed E-state index contributed by atoms with van der Waals surface area (Å²) >= 11 is 0. The number of ether oxygens (including phenoxy) is 5. The second-order valence-electron chi connectivity index (χ2n) is 13.2.